The highest BCUT2D eigenvalue weighted by molar-refractivity contribution is 5.70. The first kappa shape index (κ1) is 16.8. The smallest absolute Gasteiger partial charge is 0.306 e. The highest BCUT2D eigenvalue weighted by Gasteiger charge is 2.32. The van der Waals surface area contributed by atoms with E-state index in [9.17, 15) is 4.79 Å². The number of piperidine rings is 1. The lowest BCUT2D eigenvalue weighted by atomic mass is 9.91. The second-order valence-corrected chi connectivity index (χ2v) is 6.32. The fraction of sp³-hybridized carbons (Fsp3) is 0.526. The van der Waals surface area contributed by atoms with Crippen LogP contribution < -0.4 is 0 Å². The van der Waals surface area contributed by atoms with Crippen LogP contribution in [0.3, 0.4) is 0 Å². The molecule has 1 saturated heterocycles. The molecule has 0 aromatic heterocycles. The van der Waals surface area contributed by atoms with E-state index >= 15 is 0 Å². The van der Waals surface area contributed by atoms with Gasteiger partial charge in [-0.25, -0.2) is 0 Å². The molecule has 1 fully saturated rings. The van der Waals surface area contributed by atoms with Crippen LogP contribution in [0, 0.1) is 5.92 Å². The molecule has 1 aliphatic heterocycles. The summed E-state index contributed by atoms with van der Waals surface area (Å²) in [5, 5.41) is 0. The van der Waals surface area contributed by atoms with Gasteiger partial charge in [0, 0.05) is 31.5 Å². The molecule has 0 saturated carbocycles. The molecule has 3 heteroatoms. The van der Waals surface area contributed by atoms with Crippen LogP contribution in [0.4, 0.5) is 0 Å². The number of hydrogen-bond acceptors (Lipinski definition) is 3. The molecule has 1 aromatic rings. The van der Waals surface area contributed by atoms with E-state index in [0.29, 0.717) is 18.4 Å². The minimum atomic E-state index is -0.0786. The third-order valence-electron chi connectivity index (χ3n) is 4.46. The van der Waals surface area contributed by atoms with E-state index in [2.05, 4.69) is 25.3 Å². The number of carbonyl (C=O) groups is 1. The van der Waals surface area contributed by atoms with E-state index in [4.69, 9.17) is 4.74 Å². The predicted molar refractivity (Wildman–Crippen MR) is 89.7 cm³/mol. The molecule has 3 nitrogen and oxygen atoms in total. The van der Waals surface area contributed by atoms with Crippen molar-refractivity contribution >= 4 is 5.97 Å². The number of esters is 1. The van der Waals surface area contributed by atoms with Gasteiger partial charge in [-0.2, -0.15) is 0 Å². The SMILES string of the molecule is C=CCN1CC(C)C(OC(=O)CCc2ccccc2)CC1C. The fourth-order valence-electron chi connectivity index (χ4n) is 3.09. The standard InChI is InChI=1S/C19H27NO2/c1-4-12-20-14-15(2)18(13-16(20)3)22-19(21)11-10-17-8-6-5-7-9-17/h4-9,15-16,18H,1,10-14H2,2-3H3. The van der Waals surface area contributed by atoms with Gasteiger partial charge in [0.05, 0.1) is 0 Å². The quantitative estimate of drug-likeness (QED) is 0.595. The summed E-state index contributed by atoms with van der Waals surface area (Å²) in [5.41, 5.74) is 1.18. The topological polar surface area (TPSA) is 29.5 Å². The third kappa shape index (κ3) is 4.70. The first-order valence-electron chi connectivity index (χ1n) is 8.18. The molecule has 1 heterocycles. The Morgan fingerprint density at radius 1 is 1.36 bits per heavy atom. The number of hydrogen-bond donors (Lipinski definition) is 0. The first-order chi connectivity index (χ1) is 10.6. The summed E-state index contributed by atoms with van der Waals surface area (Å²) < 4.78 is 5.73. The molecule has 0 N–H and O–H groups in total. The minimum Gasteiger partial charge on any atom is -0.462 e. The molecule has 0 spiro atoms. The fourth-order valence-corrected chi connectivity index (χ4v) is 3.09. The molecular weight excluding hydrogens is 274 g/mol. The second kappa shape index (κ2) is 8.14. The highest BCUT2D eigenvalue weighted by Crippen LogP contribution is 2.25. The van der Waals surface area contributed by atoms with Crippen LogP contribution >= 0.6 is 0 Å². The van der Waals surface area contributed by atoms with Crippen molar-refractivity contribution in [3.8, 4) is 0 Å². The lowest BCUT2D eigenvalue weighted by Gasteiger charge is -2.40. The van der Waals surface area contributed by atoms with Crippen LogP contribution in [0.1, 0.15) is 32.3 Å². The van der Waals surface area contributed by atoms with Gasteiger partial charge in [-0.1, -0.05) is 43.3 Å². The lowest BCUT2D eigenvalue weighted by Crippen LogP contribution is -2.48. The number of ether oxygens (including phenoxy) is 1. The van der Waals surface area contributed by atoms with Crippen LogP contribution in [0.15, 0.2) is 43.0 Å². The number of likely N-dealkylation sites (tertiary alicyclic amines) is 1. The molecule has 0 radical (unpaired) electrons. The first-order valence-corrected chi connectivity index (χ1v) is 8.18. The van der Waals surface area contributed by atoms with Crippen LogP contribution in [0.25, 0.3) is 0 Å². The molecule has 1 aromatic carbocycles. The van der Waals surface area contributed by atoms with Crippen molar-refractivity contribution in [2.75, 3.05) is 13.1 Å². The Hall–Kier alpha value is -1.61. The lowest BCUT2D eigenvalue weighted by molar-refractivity contribution is -0.155. The third-order valence-corrected chi connectivity index (χ3v) is 4.46. The van der Waals surface area contributed by atoms with E-state index in [0.717, 1.165) is 25.9 Å². The zero-order valence-electron chi connectivity index (χ0n) is 13.7. The van der Waals surface area contributed by atoms with E-state index in [-0.39, 0.29) is 12.1 Å². The maximum Gasteiger partial charge on any atom is 0.306 e. The molecule has 0 amide bonds. The van der Waals surface area contributed by atoms with E-state index in [1.165, 1.54) is 5.56 Å². The Kier molecular flexibility index (Phi) is 6.20. The van der Waals surface area contributed by atoms with Crippen LogP contribution in [-0.2, 0) is 16.0 Å². The number of aryl methyl sites for hydroxylation is 1. The second-order valence-electron chi connectivity index (χ2n) is 6.32. The van der Waals surface area contributed by atoms with Crippen molar-refractivity contribution in [2.24, 2.45) is 5.92 Å². The summed E-state index contributed by atoms with van der Waals surface area (Å²) in [6.45, 7) is 10.0. The molecule has 1 aliphatic rings. The maximum absolute atomic E-state index is 12.1. The van der Waals surface area contributed by atoms with Gasteiger partial charge in [-0.15, -0.1) is 6.58 Å². The van der Waals surface area contributed by atoms with Crippen molar-refractivity contribution in [2.45, 2.75) is 45.3 Å². The van der Waals surface area contributed by atoms with Gasteiger partial charge in [0.15, 0.2) is 0 Å². The summed E-state index contributed by atoms with van der Waals surface area (Å²) in [6.07, 6.45) is 4.10. The maximum atomic E-state index is 12.1. The van der Waals surface area contributed by atoms with Crippen molar-refractivity contribution in [3.05, 3.63) is 48.6 Å². The molecule has 120 valence electrons. The summed E-state index contributed by atoms with van der Waals surface area (Å²) >= 11 is 0. The van der Waals surface area contributed by atoms with Gasteiger partial charge in [-0.3, -0.25) is 9.69 Å². The zero-order chi connectivity index (χ0) is 15.9. The largest absolute Gasteiger partial charge is 0.462 e. The Labute approximate surface area is 134 Å². The Bertz CT molecular complexity index is 485. The number of nitrogens with zero attached hydrogens (tertiary/aromatic N) is 1. The highest BCUT2D eigenvalue weighted by atomic mass is 16.5. The van der Waals surface area contributed by atoms with Gasteiger partial charge >= 0.3 is 5.97 Å². The van der Waals surface area contributed by atoms with Gasteiger partial charge in [0.2, 0.25) is 0 Å². The molecule has 3 unspecified atom stereocenters. The molecule has 22 heavy (non-hydrogen) atoms. The van der Waals surface area contributed by atoms with Crippen LogP contribution in [-0.4, -0.2) is 36.1 Å². The summed E-state index contributed by atoms with van der Waals surface area (Å²) in [7, 11) is 0. The summed E-state index contributed by atoms with van der Waals surface area (Å²) in [4.78, 5) is 14.5. The Morgan fingerprint density at radius 2 is 2.09 bits per heavy atom. The van der Waals surface area contributed by atoms with E-state index in [1.54, 1.807) is 0 Å². The van der Waals surface area contributed by atoms with E-state index in [1.807, 2.05) is 36.4 Å². The predicted octanol–water partition coefficient (Wildman–Crippen LogP) is 3.45. The monoisotopic (exact) mass is 301 g/mol. The Morgan fingerprint density at radius 3 is 2.77 bits per heavy atom. The molecule has 2 rings (SSSR count). The van der Waals surface area contributed by atoms with Gasteiger partial charge in [0.1, 0.15) is 6.10 Å². The van der Waals surface area contributed by atoms with Gasteiger partial charge < -0.3 is 4.74 Å². The average Bonchev–Trinajstić information content (AvgIpc) is 2.51. The molecule has 0 aliphatic carbocycles. The average molecular weight is 301 g/mol. The van der Waals surface area contributed by atoms with E-state index < -0.39 is 0 Å². The van der Waals surface area contributed by atoms with Crippen molar-refractivity contribution in [3.63, 3.8) is 0 Å². The number of rotatable bonds is 6. The van der Waals surface area contributed by atoms with Crippen LogP contribution in [0.2, 0.25) is 0 Å². The van der Waals surface area contributed by atoms with Crippen molar-refractivity contribution < 1.29 is 9.53 Å². The van der Waals surface area contributed by atoms with Crippen LogP contribution in [0.5, 0.6) is 0 Å². The van der Waals surface area contributed by atoms with Gasteiger partial charge in [-0.05, 0) is 25.3 Å². The summed E-state index contributed by atoms with van der Waals surface area (Å²) in [6, 6.07) is 10.5. The van der Waals surface area contributed by atoms with Crippen molar-refractivity contribution in [1.82, 2.24) is 4.90 Å². The van der Waals surface area contributed by atoms with Gasteiger partial charge in [0.25, 0.3) is 0 Å². The Balaban J connectivity index is 1.80. The molecular formula is C19H27NO2. The molecule has 3 atom stereocenters. The zero-order valence-corrected chi connectivity index (χ0v) is 13.7. The number of benzene rings is 1. The number of carbonyl (C=O) groups excluding carboxylic acids is 1. The normalized spacial score (nSPS) is 25.6. The molecule has 0 bridgehead atoms. The van der Waals surface area contributed by atoms with Crippen molar-refractivity contribution in [1.29, 1.82) is 0 Å². The minimum absolute atomic E-state index is 0.0411. The summed E-state index contributed by atoms with van der Waals surface area (Å²) in [5.74, 6) is 0.293.